The fourth-order valence-corrected chi connectivity index (χ4v) is 2.79. The van der Waals surface area contributed by atoms with Gasteiger partial charge in [-0.3, -0.25) is 14.3 Å². The Morgan fingerprint density at radius 3 is 2.70 bits per heavy atom. The lowest BCUT2D eigenvalue weighted by Gasteiger charge is -2.05. The highest BCUT2D eigenvalue weighted by molar-refractivity contribution is 5.90. The van der Waals surface area contributed by atoms with Crippen LogP contribution in [0, 0.1) is 0 Å². The third-order valence-corrected chi connectivity index (χ3v) is 4.34. The van der Waals surface area contributed by atoms with Gasteiger partial charge >= 0.3 is 0 Å². The number of rotatable bonds is 12. The molecule has 0 aliphatic rings. The molecule has 0 fully saturated rings. The third-order valence-electron chi connectivity index (χ3n) is 4.34. The maximum Gasteiger partial charge on any atom is 0.224 e. The normalized spacial score (nSPS) is 10.7. The zero-order chi connectivity index (χ0) is 21.0. The lowest BCUT2D eigenvalue weighted by atomic mass is 10.2. The van der Waals surface area contributed by atoms with Crippen molar-refractivity contribution in [3.05, 3.63) is 72.4 Å². The number of aromatic nitrogens is 2. The maximum atomic E-state index is 12.0. The Bertz CT molecular complexity index is 906. The summed E-state index contributed by atoms with van der Waals surface area (Å²) in [4.78, 5) is 23.8. The lowest BCUT2D eigenvalue weighted by Crippen LogP contribution is -2.22. The SMILES string of the molecule is O=C(CCCC(=O)Nc1cnn(CCOCc2ccccc2)c1)NCc1ccco1. The topological polar surface area (TPSA) is 98.4 Å². The average Bonchev–Trinajstić information content (AvgIpc) is 3.42. The number of anilines is 1. The standard InChI is InChI=1S/C22H26N4O4/c27-21(23-15-20-8-5-12-30-20)9-4-10-22(28)25-19-14-24-26(16-19)11-13-29-17-18-6-2-1-3-7-18/h1-3,5-8,12,14,16H,4,9-11,13,15,17H2,(H,23,27)(H,25,28). The minimum atomic E-state index is -0.145. The van der Waals surface area contributed by atoms with E-state index in [0.29, 0.717) is 44.2 Å². The Hall–Kier alpha value is -3.39. The van der Waals surface area contributed by atoms with Crippen molar-refractivity contribution < 1.29 is 18.7 Å². The molecule has 0 bridgehead atoms. The summed E-state index contributed by atoms with van der Waals surface area (Å²) in [5.41, 5.74) is 1.76. The molecule has 0 aliphatic heterocycles. The van der Waals surface area contributed by atoms with Gasteiger partial charge in [-0.2, -0.15) is 5.10 Å². The van der Waals surface area contributed by atoms with Crippen molar-refractivity contribution in [1.29, 1.82) is 0 Å². The lowest BCUT2D eigenvalue weighted by molar-refractivity contribution is -0.121. The van der Waals surface area contributed by atoms with E-state index in [1.54, 1.807) is 35.5 Å². The van der Waals surface area contributed by atoms with Crippen LogP contribution in [-0.2, 0) is 34.0 Å². The van der Waals surface area contributed by atoms with Gasteiger partial charge in [-0.15, -0.1) is 0 Å². The molecule has 0 aliphatic carbocycles. The number of nitrogens with zero attached hydrogens (tertiary/aromatic N) is 2. The Morgan fingerprint density at radius 2 is 1.90 bits per heavy atom. The molecule has 0 atom stereocenters. The van der Waals surface area contributed by atoms with Gasteiger partial charge in [0, 0.05) is 19.0 Å². The Kier molecular flexibility index (Phi) is 8.23. The summed E-state index contributed by atoms with van der Waals surface area (Å²) in [5, 5.41) is 9.77. The van der Waals surface area contributed by atoms with E-state index in [-0.39, 0.29) is 24.7 Å². The number of hydrogen-bond donors (Lipinski definition) is 2. The van der Waals surface area contributed by atoms with E-state index in [1.165, 1.54) is 0 Å². The van der Waals surface area contributed by atoms with Crippen molar-refractivity contribution in [2.45, 2.75) is 39.0 Å². The van der Waals surface area contributed by atoms with Crippen molar-refractivity contribution in [3.8, 4) is 0 Å². The van der Waals surface area contributed by atoms with Gasteiger partial charge in [0.25, 0.3) is 0 Å². The van der Waals surface area contributed by atoms with Crippen LogP contribution in [0.5, 0.6) is 0 Å². The van der Waals surface area contributed by atoms with Crippen molar-refractivity contribution in [3.63, 3.8) is 0 Å². The van der Waals surface area contributed by atoms with Gasteiger partial charge < -0.3 is 19.8 Å². The van der Waals surface area contributed by atoms with Gasteiger partial charge in [0.2, 0.25) is 11.8 Å². The molecule has 0 spiro atoms. The summed E-state index contributed by atoms with van der Waals surface area (Å²) in [6.07, 6.45) is 5.94. The summed E-state index contributed by atoms with van der Waals surface area (Å²) in [7, 11) is 0. The van der Waals surface area contributed by atoms with Crippen LogP contribution in [0.15, 0.2) is 65.5 Å². The summed E-state index contributed by atoms with van der Waals surface area (Å²) in [5.74, 6) is 0.444. The third kappa shape index (κ3) is 7.56. The molecule has 2 aromatic heterocycles. The minimum absolute atomic E-state index is 0.109. The van der Waals surface area contributed by atoms with E-state index in [2.05, 4.69) is 15.7 Å². The molecule has 1 aromatic carbocycles. The molecule has 0 saturated carbocycles. The van der Waals surface area contributed by atoms with Gasteiger partial charge in [0.1, 0.15) is 5.76 Å². The molecular weight excluding hydrogens is 384 g/mol. The van der Waals surface area contributed by atoms with Crippen molar-refractivity contribution in [2.75, 3.05) is 11.9 Å². The van der Waals surface area contributed by atoms with Gasteiger partial charge in [-0.1, -0.05) is 30.3 Å². The number of carbonyl (C=O) groups excluding carboxylic acids is 2. The highest BCUT2D eigenvalue weighted by atomic mass is 16.5. The fraction of sp³-hybridized carbons (Fsp3) is 0.318. The van der Waals surface area contributed by atoms with Crippen LogP contribution in [0.4, 0.5) is 5.69 Å². The van der Waals surface area contributed by atoms with E-state index in [9.17, 15) is 9.59 Å². The maximum absolute atomic E-state index is 12.0. The number of ether oxygens (including phenoxy) is 1. The van der Waals surface area contributed by atoms with Crippen molar-refractivity contribution in [1.82, 2.24) is 15.1 Å². The van der Waals surface area contributed by atoms with Gasteiger partial charge in [-0.05, 0) is 24.1 Å². The zero-order valence-corrected chi connectivity index (χ0v) is 16.8. The number of furan rings is 1. The van der Waals surface area contributed by atoms with Crippen molar-refractivity contribution in [2.24, 2.45) is 0 Å². The molecule has 8 nitrogen and oxygen atoms in total. The first kappa shape index (κ1) is 21.3. The number of nitrogens with one attached hydrogen (secondary N) is 2. The van der Waals surface area contributed by atoms with E-state index < -0.39 is 0 Å². The van der Waals surface area contributed by atoms with Crippen LogP contribution in [0.1, 0.15) is 30.6 Å². The smallest absolute Gasteiger partial charge is 0.224 e. The van der Waals surface area contributed by atoms with E-state index in [0.717, 1.165) is 5.56 Å². The second kappa shape index (κ2) is 11.6. The average molecular weight is 410 g/mol. The highest BCUT2D eigenvalue weighted by Crippen LogP contribution is 2.08. The highest BCUT2D eigenvalue weighted by Gasteiger charge is 2.08. The first-order valence-corrected chi connectivity index (χ1v) is 9.92. The molecule has 158 valence electrons. The molecule has 30 heavy (non-hydrogen) atoms. The minimum Gasteiger partial charge on any atom is -0.467 e. The monoisotopic (exact) mass is 410 g/mol. The molecule has 3 aromatic rings. The fourth-order valence-electron chi connectivity index (χ4n) is 2.79. The number of carbonyl (C=O) groups is 2. The van der Waals surface area contributed by atoms with Crippen LogP contribution < -0.4 is 10.6 Å². The van der Waals surface area contributed by atoms with Gasteiger partial charge in [0.15, 0.2) is 0 Å². The van der Waals surface area contributed by atoms with E-state index in [1.807, 2.05) is 30.3 Å². The quantitative estimate of drug-likeness (QED) is 0.447. The molecule has 2 N–H and O–H groups in total. The summed E-state index contributed by atoms with van der Waals surface area (Å²) >= 11 is 0. The largest absolute Gasteiger partial charge is 0.467 e. The predicted molar refractivity (Wildman–Crippen MR) is 111 cm³/mol. The molecular formula is C22H26N4O4. The van der Waals surface area contributed by atoms with Crippen LogP contribution in [0.25, 0.3) is 0 Å². The Balaban J connectivity index is 1.27. The van der Waals surface area contributed by atoms with Crippen LogP contribution >= 0.6 is 0 Å². The molecule has 0 unspecified atom stereocenters. The Labute approximate surface area is 175 Å². The summed E-state index contributed by atoms with van der Waals surface area (Å²) in [6.45, 7) is 2.03. The second-order valence-corrected chi connectivity index (χ2v) is 6.79. The summed E-state index contributed by atoms with van der Waals surface area (Å²) in [6, 6.07) is 13.5. The molecule has 0 saturated heterocycles. The van der Waals surface area contributed by atoms with E-state index >= 15 is 0 Å². The van der Waals surface area contributed by atoms with Crippen molar-refractivity contribution >= 4 is 17.5 Å². The number of amides is 2. The number of benzene rings is 1. The van der Waals surface area contributed by atoms with E-state index in [4.69, 9.17) is 9.15 Å². The van der Waals surface area contributed by atoms with Crippen LogP contribution in [0.2, 0.25) is 0 Å². The van der Waals surface area contributed by atoms with Crippen LogP contribution in [-0.4, -0.2) is 28.2 Å². The predicted octanol–water partition coefficient (Wildman–Crippen LogP) is 3.12. The molecule has 2 heterocycles. The number of hydrogen-bond acceptors (Lipinski definition) is 5. The first-order chi connectivity index (χ1) is 14.7. The summed E-state index contributed by atoms with van der Waals surface area (Å²) < 4.78 is 12.5. The van der Waals surface area contributed by atoms with Gasteiger partial charge in [0.05, 0.1) is 44.5 Å². The zero-order valence-electron chi connectivity index (χ0n) is 16.8. The molecule has 2 amide bonds. The molecule has 3 rings (SSSR count). The Morgan fingerprint density at radius 1 is 1.07 bits per heavy atom. The first-order valence-electron chi connectivity index (χ1n) is 9.92. The van der Waals surface area contributed by atoms with Gasteiger partial charge in [-0.25, -0.2) is 0 Å². The molecule has 0 radical (unpaired) electrons. The second-order valence-electron chi connectivity index (χ2n) is 6.79. The molecule has 8 heteroatoms. The van der Waals surface area contributed by atoms with Crippen LogP contribution in [0.3, 0.4) is 0 Å².